The lowest BCUT2D eigenvalue weighted by Crippen LogP contribution is -2.22. The van der Waals surface area contributed by atoms with E-state index in [1.165, 1.54) is 19.3 Å². The van der Waals surface area contributed by atoms with E-state index in [4.69, 9.17) is 11.6 Å². The lowest BCUT2D eigenvalue weighted by atomic mass is 9.86. The van der Waals surface area contributed by atoms with Gasteiger partial charge in [-0.1, -0.05) is 17.7 Å². The highest BCUT2D eigenvalue weighted by Crippen LogP contribution is 2.39. The molecule has 3 rings (SSSR count). The summed E-state index contributed by atoms with van der Waals surface area (Å²) in [6, 6.07) is 7.30. The van der Waals surface area contributed by atoms with Gasteiger partial charge in [0.05, 0.1) is 0 Å². The molecule has 1 aromatic heterocycles. The summed E-state index contributed by atoms with van der Waals surface area (Å²) in [4.78, 5) is 4.40. The van der Waals surface area contributed by atoms with Crippen molar-refractivity contribution in [2.75, 3.05) is 0 Å². The van der Waals surface area contributed by atoms with Gasteiger partial charge in [-0.05, 0) is 31.4 Å². The van der Waals surface area contributed by atoms with Crippen molar-refractivity contribution in [2.24, 2.45) is 0 Å². The normalized spacial score (nSPS) is 35.1. The van der Waals surface area contributed by atoms with Crippen molar-refractivity contribution in [1.82, 2.24) is 10.3 Å². The Bertz CT molecular complexity index is 353. The number of halogens is 1. The number of fused-ring (bicyclic) bond motifs is 2. The molecule has 3 atom stereocenters. The van der Waals surface area contributed by atoms with Gasteiger partial charge in [-0.25, -0.2) is 4.98 Å². The van der Waals surface area contributed by atoms with Crippen molar-refractivity contribution < 1.29 is 0 Å². The molecule has 3 heterocycles. The van der Waals surface area contributed by atoms with Gasteiger partial charge in [-0.15, -0.1) is 0 Å². The molecule has 2 aliphatic heterocycles. The molecular formula is C11H13ClN2. The number of aromatic nitrogens is 1. The van der Waals surface area contributed by atoms with Crippen molar-refractivity contribution in [3.8, 4) is 0 Å². The monoisotopic (exact) mass is 208 g/mol. The van der Waals surface area contributed by atoms with Gasteiger partial charge in [0.2, 0.25) is 0 Å². The molecule has 3 unspecified atom stereocenters. The zero-order valence-electron chi connectivity index (χ0n) is 7.91. The minimum atomic E-state index is 0.590. The van der Waals surface area contributed by atoms with Gasteiger partial charge in [0.25, 0.3) is 0 Å². The van der Waals surface area contributed by atoms with Gasteiger partial charge in [0.15, 0.2) is 0 Å². The minimum Gasteiger partial charge on any atom is -0.311 e. The van der Waals surface area contributed by atoms with E-state index >= 15 is 0 Å². The highest BCUT2D eigenvalue weighted by molar-refractivity contribution is 6.29. The Balaban J connectivity index is 1.89. The Labute approximate surface area is 88.7 Å². The predicted molar refractivity (Wildman–Crippen MR) is 56.6 cm³/mol. The third kappa shape index (κ3) is 1.33. The fourth-order valence-corrected chi connectivity index (χ4v) is 2.95. The van der Waals surface area contributed by atoms with E-state index in [1.807, 2.05) is 12.1 Å². The molecule has 0 amide bonds. The second-order valence-corrected chi connectivity index (χ2v) is 4.66. The van der Waals surface area contributed by atoms with Crippen LogP contribution in [-0.2, 0) is 0 Å². The highest BCUT2D eigenvalue weighted by atomic mass is 35.5. The van der Waals surface area contributed by atoms with E-state index in [-0.39, 0.29) is 0 Å². The lowest BCUT2D eigenvalue weighted by molar-refractivity contribution is 0.497. The Kier molecular flexibility index (Phi) is 1.99. The van der Waals surface area contributed by atoms with Gasteiger partial charge >= 0.3 is 0 Å². The molecule has 2 nitrogen and oxygen atoms in total. The second kappa shape index (κ2) is 3.21. The molecule has 0 saturated carbocycles. The van der Waals surface area contributed by atoms with Crippen LogP contribution in [0.25, 0.3) is 0 Å². The first-order valence-corrected chi connectivity index (χ1v) is 5.59. The van der Waals surface area contributed by atoms with Gasteiger partial charge in [-0.2, -0.15) is 0 Å². The summed E-state index contributed by atoms with van der Waals surface area (Å²) < 4.78 is 0. The van der Waals surface area contributed by atoms with Crippen LogP contribution >= 0.6 is 11.6 Å². The molecule has 0 radical (unpaired) electrons. The first-order chi connectivity index (χ1) is 6.83. The molecule has 2 aliphatic rings. The van der Waals surface area contributed by atoms with Crippen molar-refractivity contribution in [3.05, 3.63) is 29.0 Å². The van der Waals surface area contributed by atoms with Gasteiger partial charge < -0.3 is 5.32 Å². The summed E-state index contributed by atoms with van der Waals surface area (Å²) in [5.41, 5.74) is 1.16. The Morgan fingerprint density at radius 2 is 2.29 bits per heavy atom. The number of hydrogen-bond acceptors (Lipinski definition) is 2. The molecule has 1 aromatic rings. The summed E-state index contributed by atoms with van der Waals surface area (Å²) in [5.74, 6) is 0.590. The van der Waals surface area contributed by atoms with E-state index in [0.29, 0.717) is 17.1 Å². The van der Waals surface area contributed by atoms with Crippen molar-refractivity contribution in [1.29, 1.82) is 0 Å². The fraction of sp³-hybridized carbons (Fsp3) is 0.545. The minimum absolute atomic E-state index is 0.590. The largest absolute Gasteiger partial charge is 0.311 e. The molecule has 1 N–H and O–H groups in total. The van der Waals surface area contributed by atoms with E-state index in [2.05, 4.69) is 16.4 Å². The number of rotatable bonds is 1. The predicted octanol–water partition coefficient (Wildman–Crippen LogP) is 2.34. The molecule has 2 bridgehead atoms. The zero-order valence-corrected chi connectivity index (χ0v) is 8.67. The van der Waals surface area contributed by atoms with E-state index in [1.54, 1.807) is 0 Å². The van der Waals surface area contributed by atoms with E-state index in [0.717, 1.165) is 11.7 Å². The number of nitrogens with one attached hydrogen (secondary N) is 1. The van der Waals surface area contributed by atoms with Gasteiger partial charge in [0.1, 0.15) is 5.15 Å². The molecule has 3 heteroatoms. The third-order valence-electron chi connectivity index (χ3n) is 3.42. The summed E-state index contributed by atoms with van der Waals surface area (Å²) in [7, 11) is 0. The lowest BCUT2D eigenvalue weighted by Gasteiger charge is -2.19. The average molecular weight is 209 g/mol. The smallest absolute Gasteiger partial charge is 0.129 e. The maximum atomic E-state index is 5.89. The average Bonchev–Trinajstić information content (AvgIpc) is 2.78. The van der Waals surface area contributed by atoms with Crippen molar-refractivity contribution >= 4 is 11.6 Å². The summed E-state index contributed by atoms with van der Waals surface area (Å²) in [6.07, 6.45) is 3.86. The summed E-state index contributed by atoms with van der Waals surface area (Å²) in [6.45, 7) is 0. The molecule has 0 aromatic carbocycles. The van der Waals surface area contributed by atoms with Gasteiger partial charge in [0, 0.05) is 23.7 Å². The second-order valence-electron chi connectivity index (χ2n) is 4.27. The van der Waals surface area contributed by atoms with Crippen LogP contribution in [0.1, 0.15) is 30.9 Å². The first kappa shape index (κ1) is 8.69. The standard InChI is InChI=1S/C11H13ClN2/c12-11-3-1-2-9(14-11)8-6-7-4-5-10(8)13-7/h1-3,7-8,10,13H,4-6H2. The van der Waals surface area contributed by atoms with Crippen LogP contribution < -0.4 is 5.32 Å². The van der Waals surface area contributed by atoms with E-state index < -0.39 is 0 Å². The molecular weight excluding hydrogens is 196 g/mol. The molecule has 2 fully saturated rings. The molecule has 0 spiro atoms. The maximum Gasteiger partial charge on any atom is 0.129 e. The SMILES string of the molecule is Clc1cccc(C2CC3CCC2N3)n1. The first-order valence-electron chi connectivity index (χ1n) is 5.21. The van der Waals surface area contributed by atoms with Crippen LogP contribution in [0, 0.1) is 0 Å². The Morgan fingerprint density at radius 3 is 2.93 bits per heavy atom. The number of nitrogens with zero attached hydrogens (tertiary/aromatic N) is 1. The van der Waals surface area contributed by atoms with Crippen LogP contribution in [0.3, 0.4) is 0 Å². The molecule has 0 aliphatic carbocycles. The van der Waals surface area contributed by atoms with Crippen molar-refractivity contribution in [2.45, 2.75) is 37.3 Å². The fourth-order valence-electron chi connectivity index (χ4n) is 2.78. The quantitative estimate of drug-likeness (QED) is 0.717. The Hall–Kier alpha value is -0.600. The highest BCUT2D eigenvalue weighted by Gasteiger charge is 2.40. The van der Waals surface area contributed by atoms with Crippen LogP contribution in [0.4, 0.5) is 0 Å². The molecule has 14 heavy (non-hydrogen) atoms. The van der Waals surface area contributed by atoms with Crippen LogP contribution in [0.2, 0.25) is 5.15 Å². The summed E-state index contributed by atoms with van der Waals surface area (Å²) >= 11 is 5.89. The number of pyridine rings is 1. The van der Waals surface area contributed by atoms with Gasteiger partial charge in [-0.3, -0.25) is 0 Å². The maximum absolute atomic E-state index is 5.89. The Morgan fingerprint density at radius 1 is 1.36 bits per heavy atom. The third-order valence-corrected chi connectivity index (χ3v) is 3.63. The van der Waals surface area contributed by atoms with Crippen LogP contribution in [0.5, 0.6) is 0 Å². The molecule has 2 saturated heterocycles. The zero-order chi connectivity index (χ0) is 9.54. The van der Waals surface area contributed by atoms with Crippen molar-refractivity contribution in [3.63, 3.8) is 0 Å². The van der Waals surface area contributed by atoms with Crippen LogP contribution in [-0.4, -0.2) is 17.1 Å². The van der Waals surface area contributed by atoms with Crippen LogP contribution in [0.15, 0.2) is 18.2 Å². The van der Waals surface area contributed by atoms with E-state index in [9.17, 15) is 0 Å². The topological polar surface area (TPSA) is 24.9 Å². The molecule has 74 valence electrons. The summed E-state index contributed by atoms with van der Waals surface area (Å²) in [5, 5.41) is 4.23. The number of hydrogen-bond donors (Lipinski definition) is 1.